The second kappa shape index (κ2) is 14.7. The number of hydrogen-bond donors (Lipinski definition) is 0. The summed E-state index contributed by atoms with van der Waals surface area (Å²) in [5, 5.41) is 16.5. The average molecular weight is 768 g/mol. The van der Waals surface area contributed by atoms with Crippen LogP contribution in [-0.4, -0.2) is 31.5 Å². The van der Waals surface area contributed by atoms with E-state index in [1.165, 1.54) is 59.7 Å². The van der Waals surface area contributed by atoms with E-state index in [-0.39, 0.29) is 5.41 Å². The summed E-state index contributed by atoms with van der Waals surface area (Å²) in [6.07, 6.45) is 14.6. The van der Waals surface area contributed by atoms with Crippen molar-refractivity contribution >= 4 is 69.9 Å². The van der Waals surface area contributed by atoms with Gasteiger partial charge in [0.25, 0.3) is 0 Å². The van der Waals surface area contributed by atoms with Crippen LogP contribution >= 0.6 is 0 Å². The third-order valence-electron chi connectivity index (χ3n) is 12.4. The van der Waals surface area contributed by atoms with E-state index < -0.39 is 9.52 Å². The van der Waals surface area contributed by atoms with Gasteiger partial charge in [0.15, 0.2) is 5.84 Å². The quantitative estimate of drug-likeness (QED) is 0.0671. The molecule has 2 aliphatic rings. The van der Waals surface area contributed by atoms with E-state index in [2.05, 4.69) is 185 Å². The first kappa shape index (κ1) is 35.8. The Hall–Kier alpha value is -6.63. The number of aromatic nitrogens is 2. The number of aliphatic imine (C=N–C) groups is 1. The molecule has 0 radical (unpaired) electrons. The molecule has 0 bridgehead atoms. The van der Waals surface area contributed by atoms with Crippen LogP contribution in [-0.2, 0) is 6.54 Å². The fraction of sp³-hybridized carbons (Fsp3) is 0.135. The molecule has 0 amide bonds. The van der Waals surface area contributed by atoms with Crippen LogP contribution in [0.2, 0.25) is 0 Å². The van der Waals surface area contributed by atoms with E-state index in [0.29, 0.717) is 24.2 Å². The Labute approximate surface area is 341 Å². The van der Waals surface area contributed by atoms with Crippen molar-refractivity contribution in [2.24, 2.45) is 32.5 Å². The van der Waals surface area contributed by atoms with Crippen molar-refractivity contribution in [2.45, 2.75) is 20.4 Å². The predicted octanol–water partition coefficient (Wildman–Crippen LogP) is 11.5. The van der Waals surface area contributed by atoms with Gasteiger partial charge >= 0.3 is 0 Å². The zero-order valence-electron chi connectivity index (χ0n) is 33.1. The lowest BCUT2D eigenvalue weighted by Gasteiger charge is -2.46. The molecule has 0 N–H and O–H groups in total. The molecule has 2 heterocycles. The van der Waals surface area contributed by atoms with Crippen molar-refractivity contribution in [3.05, 3.63) is 198 Å². The molecule has 10 rings (SSSR count). The fourth-order valence-electron chi connectivity index (χ4n) is 9.66. The van der Waals surface area contributed by atoms with Gasteiger partial charge < -0.3 is 9.13 Å². The van der Waals surface area contributed by atoms with E-state index in [4.69, 9.17) is 4.99 Å². The van der Waals surface area contributed by atoms with Crippen molar-refractivity contribution in [2.75, 3.05) is 7.05 Å². The molecule has 0 saturated carbocycles. The summed E-state index contributed by atoms with van der Waals surface area (Å²) < 4.78 is 5.02. The van der Waals surface area contributed by atoms with Gasteiger partial charge in [0.1, 0.15) is 0 Å². The molecule has 282 valence electrons. The van der Waals surface area contributed by atoms with Gasteiger partial charge in [-0.05, 0) is 59.9 Å². The van der Waals surface area contributed by atoms with E-state index in [0.717, 1.165) is 16.8 Å². The minimum atomic E-state index is -0.575. The maximum absolute atomic E-state index is 4.93. The Kier molecular flexibility index (Phi) is 9.07. The Morgan fingerprint density at radius 2 is 1.33 bits per heavy atom. The summed E-state index contributed by atoms with van der Waals surface area (Å²) in [7, 11) is 1.11. The van der Waals surface area contributed by atoms with Crippen molar-refractivity contribution in [1.29, 1.82) is 0 Å². The third-order valence-corrected chi connectivity index (χ3v) is 14.2. The van der Waals surface area contributed by atoms with E-state index in [9.17, 15) is 0 Å². The zero-order chi connectivity index (χ0) is 39.2. The largest absolute Gasteiger partial charge is 0.312 e. The van der Waals surface area contributed by atoms with E-state index >= 15 is 0 Å². The number of azo groups is 1. The van der Waals surface area contributed by atoms with Crippen LogP contribution in [0.4, 0.5) is 0 Å². The monoisotopic (exact) mass is 767 g/mol. The van der Waals surface area contributed by atoms with E-state index in [1.54, 1.807) is 7.05 Å². The summed E-state index contributed by atoms with van der Waals surface area (Å²) in [6, 6.07) is 52.5. The summed E-state index contributed by atoms with van der Waals surface area (Å²) in [5.74, 6) is 1.26. The van der Waals surface area contributed by atoms with Crippen molar-refractivity contribution in [3.8, 4) is 5.69 Å². The third kappa shape index (κ3) is 5.95. The highest BCUT2D eigenvalue weighted by atomic mass is 28.2. The van der Waals surface area contributed by atoms with Gasteiger partial charge in [-0.25, -0.2) is 0 Å². The van der Waals surface area contributed by atoms with Gasteiger partial charge in [0, 0.05) is 51.0 Å². The van der Waals surface area contributed by atoms with Gasteiger partial charge in [-0.2, -0.15) is 5.11 Å². The molecule has 2 aliphatic carbocycles. The summed E-state index contributed by atoms with van der Waals surface area (Å²) in [6.45, 7) is 5.32. The molecule has 3 atom stereocenters. The second-order valence-corrected chi connectivity index (χ2v) is 17.7. The van der Waals surface area contributed by atoms with Crippen LogP contribution in [0.25, 0.3) is 55.0 Å². The lowest BCUT2D eigenvalue weighted by atomic mass is 9.62. The molecule has 58 heavy (non-hydrogen) atoms. The van der Waals surface area contributed by atoms with Crippen molar-refractivity contribution < 1.29 is 0 Å². The number of benzene rings is 6. The molecule has 0 aliphatic heterocycles. The summed E-state index contributed by atoms with van der Waals surface area (Å²) >= 11 is 0. The molecule has 8 aromatic rings. The van der Waals surface area contributed by atoms with Gasteiger partial charge in [0.2, 0.25) is 0 Å². The summed E-state index contributed by atoms with van der Waals surface area (Å²) in [4.78, 5) is 4.93. The van der Waals surface area contributed by atoms with Gasteiger partial charge in [-0.15, -0.1) is 5.11 Å². The maximum atomic E-state index is 4.93. The molecular formula is C52H45N5Si. The number of hydrogen-bond acceptors (Lipinski definition) is 2. The first-order chi connectivity index (χ1) is 28.5. The Morgan fingerprint density at radius 1 is 0.655 bits per heavy atom. The Balaban J connectivity index is 1.14. The first-order valence-electron chi connectivity index (χ1n) is 20.3. The summed E-state index contributed by atoms with van der Waals surface area (Å²) in [5.41, 5.74) is 9.11. The standard InChI is InChI=1S/C52H45N5Si/c1-35-16-14-27-50(52(35)29-28-41(30-36(52)2)58-40-21-8-5-9-22-40)57-47-26-13-11-24-43(47)45-32-44-42-23-10-12-25-46(42)56(48(44)33-49(45)57)39-20-15-17-37(31-39)34-54-51(55-53-3)38-18-6-4-7-19-38/h4-33,35-36H,34,58H2,1-3H3/b54-51-,55-53-. The molecule has 6 heteroatoms. The van der Waals surface area contributed by atoms with E-state index in [1.807, 2.05) is 30.3 Å². The highest BCUT2D eigenvalue weighted by Gasteiger charge is 2.45. The van der Waals surface area contributed by atoms with Crippen LogP contribution < -0.4 is 5.19 Å². The topological polar surface area (TPSA) is 46.9 Å². The minimum absolute atomic E-state index is 0.204. The van der Waals surface area contributed by atoms with Crippen LogP contribution in [0, 0.1) is 17.3 Å². The fourth-order valence-corrected chi connectivity index (χ4v) is 11.3. The highest BCUT2D eigenvalue weighted by Crippen LogP contribution is 2.54. The molecule has 5 nitrogen and oxygen atoms in total. The SMILES string of the molecule is C/N=N\C(=N/Cc1cccc(-n2c3ccccc3c3cc4c5ccccc5n(C5=CC=CC(C)C56C=CC([SiH2]c5ccccc5)=CC6C)c4cc32)c1)c1ccccc1. The van der Waals surface area contributed by atoms with Crippen LogP contribution in [0.1, 0.15) is 25.0 Å². The van der Waals surface area contributed by atoms with Crippen molar-refractivity contribution in [3.63, 3.8) is 0 Å². The Bertz CT molecular complexity index is 3050. The van der Waals surface area contributed by atoms with Gasteiger partial charge in [0.05, 0.1) is 38.1 Å². The Morgan fingerprint density at radius 3 is 2.05 bits per heavy atom. The van der Waals surface area contributed by atoms with Gasteiger partial charge in [-0.1, -0.05) is 164 Å². The zero-order valence-corrected chi connectivity index (χ0v) is 34.5. The smallest absolute Gasteiger partial charge is 0.177 e. The second-order valence-electron chi connectivity index (χ2n) is 15.8. The first-order valence-corrected chi connectivity index (χ1v) is 21.7. The predicted molar refractivity (Wildman–Crippen MR) is 247 cm³/mol. The molecule has 0 fully saturated rings. The highest BCUT2D eigenvalue weighted by molar-refractivity contribution is 6.61. The number of amidine groups is 1. The number of nitrogens with zero attached hydrogens (tertiary/aromatic N) is 5. The van der Waals surface area contributed by atoms with Gasteiger partial charge in [-0.3, -0.25) is 4.99 Å². The molecule has 6 aromatic carbocycles. The molecular weight excluding hydrogens is 723 g/mol. The number of fused-ring (bicyclic) bond motifs is 6. The number of allylic oxidation sites excluding steroid dienone is 8. The lowest BCUT2D eigenvalue weighted by Crippen LogP contribution is -2.39. The normalized spacial score (nSPS) is 19.8. The maximum Gasteiger partial charge on any atom is 0.177 e. The average Bonchev–Trinajstić information content (AvgIpc) is 3.76. The molecule has 2 aromatic heterocycles. The minimum Gasteiger partial charge on any atom is -0.312 e. The molecule has 1 spiro atoms. The van der Waals surface area contributed by atoms with Crippen LogP contribution in [0.5, 0.6) is 0 Å². The lowest BCUT2D eigenvalue weighted by molar-refractivity contribution is 0.298. The van der Waals surface area contributed by atoms with Crippen LogP contribution in [0.3, 0.4) is 0 Å². The molecule has 3 unspecified atom stereocenters. The van der Waals surface area contributed by atoms with Crippen molar-refractivity contribution in [1.82, 2.24) is 9.13 Å². The molecule has 0 saturated heterocycles. The number of para-hydroxylation sites is 2. The number of rotatable bonds is 7. The van der Waals surface area contributed by atoms with Crippen LogP contribution in [0.15, 0.2) is 202 Å².